The van der Waals surface area contributed by atoms with Crippen molar-refractivity contribution in [1.82, 2.24) is 15.5 Å². The quantitative estimate of drug-likeness (QED) is 0.388. The minimum atomic E-state index is -0.977. The van der Waals surface area contributed by atoms with Crippen LogP contribution in [0.25, 0.3) is 0 Å². The van der Waals surface area contributed by atoms with Crippen molar-refractivity contribution in [2.75, 3.05) is 13.2 Å². The average Bonchev–Trinajstić information content (AvgIpc) is 2.99. The molecule has 2 aliphatic rings. The van der Waals surface area contributed by atoms with Crippen molar-refractivity contribution in [2.45, 2.75) is 64.8 Å². The molecule has 3 rings (SSSR count). The first-order valence-corrected chi connectivity index (χ1v) is 11.5. The van der Waals surface area contributed by atoms with Gasteiger partial charge in [-0.2, -0.15) is 0 Å². The molecule has 1 atom stereocenters. The molecular formula is C24H31N3O6. The van der Waals surface area contributed by atoms with E-state index < -0.39 is 29.7 Å². The van der Waals surface area contributed by atoms with E-state index in [0.29, 0.717) is 31.2 Å². The van der Waals surface area contributed by atoms with Gasteiger partial charge in [-0.15, -0.1) is 0 Å². The van der Waals surface area contributed by atoms with Gasteiger partial charge in [-0.25, -0.2) is 0 Å². The summed E-state index contributed by atoms with van der Waals surface area (Å²) in [6.45, 7) is 5.18. The van der Waals surface area contributed by atoms with Crippen molar-refractivity contribution in [1.29, 1.82) is 0 Å². The lowest BCUT2D eigenvalue weighted by atomic mass is 10.0. The standard InChI is InChI=1S/C24H31N3O6/c1-15(2)13-21(29)25-11-5-3-4-6-12-33-16-7-8-17-18(14-16)24(32)27(23(17)31)19-9-10-20(28)26-22(19)30/h7-8,14-15,19H,3-6,9-13H2,1-2H3,(H,25,29)(H,26,28,30). The molecule has 0 bridgehead atoms. The van der Waals surface area contributed by atoms with E-state index in [0.717, 1.165) is 30.6 Å². The van der Waals surface area contributed by atoms with E-state index in [1.165, 1.54) is 12.1 Å². The van der Waals surface area contributed by atoms with Gasteiger partial charge in [0.05, 0.1) is 17.7 Å². The van der Waals surface area contributed by atoms with Crippen LogP contribution in [0.3, 0.4) is 0 Å². The first-order valence-electron chi connectivity index (χ1n) is 11.5. The topological polar surface area (TPSA) is 122 Å². The zero-order valence-electron chi connectivity index (χ0n) is 19.1. The van der Waals surface area contributed by atoms with Gasteiger partial charge in [0.1, 0.15) is 11.8 Å². The molecule has 2 N–H and O–H groups in total. The number of rotatable bonds is 11. The smallest absolute Gasteiger partial charge is 0.262 e. The number of unbranched alkanes of at least 4 members (excludes halogenated alkanes) is 3. The van der Waals surface area contributed by atoms with Crippen LogP contribution in [-0.4, -0.2) is 53.6 Å². The molecule has 0 radical (unpaired) electrons. The number of fused-ring (bicyclic) bond motifs is 1. The van der Waals surface area contributed by atoms with Crippen LogP contribution >= 0.6 is 0 Å². The van der Waals surface area contributed by atoms with E-state index in [2.05, 4.69) is 10.6 Å². The molecule has 2 aliphatic heterocycles. The summed E-state index contributed by atoms with van der Waals surface area (Å²) in [5.41, 5.74) is 0.441. The second-order valence-electron chi connectivity index (χ2n) is 8.87. The molecule has 1 saturated heterocycles. The summed E-state index contributed by atoms with van der Waals surface area (Å²) in [5, 5.41) is 5.10. The van der Waals surface area contributed by atoms with Crippen molar-refractivity contribution in [3.05, 3.63) is 29.3 Å². The van der Waals surface area contributed by atoms with Crippen molar-refractivity contribution in [3.8, 4) is 5.75 Å². The molecular weight excluding hydrogens is 426 g/mol. The first kappa shape index (κ1) is 24.4. The van der Waals surface area contributed by atoms with E-state index >= 15 is 0 Å². The van der Waals surface area contributed by atoms with Crippen LogP contribution in [0.15, 0.2) is 18.2 Å². The zero-order valence-corrected chi connectivity index (χ0v) is 19.1. The Labute approximate surface area is 193 Å². The number of piperidine rings is 1. The summed E-state index contributed by atoms with van der Waals surface area (Å²) < 4.78 is 5.74. The summed E-state index contributed by atoms with van der Waals surface area (Å²) in [5.74, 6) is -1.17. The van der Waals surface area contributed by atoms with Crippen molar-refractivity contribution < 1.29 is 28.7 Å². The van der Waals surface area contributed by atoms with Gasteiger partial charge >= 0.3 is 0 Å². The Morgan fingerprint density at radius 2 is 1.82 bits per heavy atom. The van der Waals surface area contributed by atoms with Gasteiger partial charge in [-0.05, 0) is 43.4 Å². The third kappa shape index (κ3) is 6.18. The number of nitrogens with zero attached hydrogens (tertiary/aromatic N) is 1. The zero-order chi connectivity index (χ0) is 24.0. The van der Waals surface area contributed by atoms with E-state index in [1.807, 2.05) is 13.8 Å². The van der Waals surface area contributed by atoms with Crippen LogP contribution in [0.4, 0.5) is 0 Å². The second kappa shape index (κ2) is 11.1. The Kier molecular flexibility index (Phi) is 8.19. The Morgan fingerprint density at radius 1 is 1.09 bits per heavy atom. The maximum absolute atomic E-state index is 12.8. The summed E-state index contributed by atoms with van der Waals surface area (Å²) >= 11 is 0. The number of nitrogens with one attached hydrogen (secondary N) is 2. The molecule has 0 aromatic heterocycles. The van der Waals surface area contributed by atoms with Gasteiger partial charge in [0.25, 0.3) is 11.8 Å². The van der Waals surface area contributed by atoms with Crippen LogP contribution in [-0.2, 0) is 14.4 Å². The molecule has 5 amide bonds. The monoisotopic (exact) mass is 457 g/mol. The molecule has 9 nitrogen and oxygen atoms in total. The number of carbonyl (C=O) groups is 5. The van der Waals surface area contributed by atoms with Gasteiger partial charge in [0, 0.05) is 19.4 Å². The molecule has 1 aromatic carbocycles. The molecule has 0 spiro atoms. The third-order valence-corrected chi connectivity index (χ3v) is 5.67. The van der Waals surface area contributed by atoms with E-state index in [9.17, 15) is 24.0 Å². The van der Waals surface area contributed by atoms with E-state index in [1.54, 1.807) is 6.07 Å². The van der Waals surface area contributed by atoms with Crippen LogP contribution in [0, 0.1) is 5.92 Å². The summed E-state index contributed by atoms with van der Waals surface area (Å²) in [7, 11) is 0. The highest BCUT2D eigenvalue weighted by Crippen LogP contribution is 2.30. The van der Waals surface area contributed by atoms with E-state index in [4.69, 9.17) is 4.74 Å². The highest BCUT2D eigenvalue weighted by Gasteiger charge is 2.44. The highest BCUT2D eigenvalue weighted by molar-refractivity contribution is 6.23. The fraction of sp³-hybridized carbons (Fsp3) is 0.542. The molecule has 178 valence electrons. The van der Waals surface area contributed by atoms with Crippen LogP contribution < -0.4 is 15.4 Å². The number of hydrogen-bond donors (Lipinski definition) is 2. The maximum atomic E-state index is 12.8. The van der Waals surface area contributed by atoms with Crippen molar-refractivity contribution >= 4 is 29.5 Å². The Balaban J connectivity index is 1.43. The van der Waals surface area contributed by atoms with Crippen LogP contribution in [0.1, 0.15) is 79.5 Å². The highest BCUT2D eigenvalue weighted by atomic mass is 16.5. The number of amides is 5. The van der Waals surface area contributed by atoms with Gasteiger partial charge in [0.15, 0.2) is 0 Å². The minimum absolute atomic E-state index is 0.0858. The lowest BCUT2D eigenvalue weighted by Gasteiger charge is -2.27. The Hall–Kier alpha value is -3.23. The molecule has 1 fully saturated rings. The molecule has 0 saturated carbocycles. The average molecular weight is 458 g/mol. The lowest BCUT2D eigenvalue weighted by Crippen LogP contribution is -2.54. The van der Waals surface area contributed by atoms with Gasteiger partial charge in [-0.3, -0.25) is 34.2 Å². The summed E-state index contributed by atoms with van der Waals surface area (Å²) in [6.07, 6.45) is 4.42. The Morgan fingerprint density at radius 3 is 2.55 bits per heavy atom. The largest absolute Gasteiger partial charge is 0.494 e. The SMILES string of the molecule is CC(C)CC(=O)NCCCCCCOc1ccc2c(c1)C(=O)N(C1CCC(=O)NC1=O)C2=O. The van der Waals surface area contributed by atoms with Gasteiger partial charge < -0.3 is 10.1 Å². The van der Waals surface area contributed by atoms with Crippen LogP contribution in [0.5, 0.6) is 5.75 Å². The van der Waals surface area contributed by atoms with Crippen molar-refractivity contribution in [2.24, 2.45) is 5.92 Å². The Bertz CT molecular complexity index is 942. The van der Waals surface area contributed by atoms with Gasteiger partial charge in [-0.1, -0.05) is 26.7 Å². The molecule has 33 heavy (non-hydrogen) atoms. The maximum Gasteiger partial charge on any atom is 0.262 e. The molecule has 2 heterocycles. The number of hydrogen-bond acceptors (Lipinski definition) is 6. The minimum Gasteiger partial charge on any atom is -0.494 e. The fourth-order valence-corrected chi connectivity index (χ4v) is 3.98. The third-order valence-electron chi connectivity index (χ3n) is 5.67. The number of imide groups is 2. The normalized spacial score (nSPS) is 17.9. The number of carbonyl (C=O) groups excluding carboxylic acids is 5. The lowest BCUT2D eigenvalue weighted by molar-refractivity contribution is -0.136. The predicted octanol–water partition coefficient (Wildman–Crippen LogP) is 2.19. The summed E-state index contributed by atoms with van der Waals surface area (Å²) in [6, 6.07) is 3.74. The first-order chi connectivity index (χ1) is 15.8. The van der Waals surface area contributed by atoms with Crippen LogP contribution in [0.2, 0.25) is 0 Å². The van der Waals surface area contributed by atoms with Gasteiger partial charge in [0.2, 0.25) is 17.7 Å². The number of benzene rings is 1. The van der Waals surface area contributed by atoms with Crippen molar-refractivity contribution in [3.63, 3.8) is 0 Å². The molecule has 0 aliphatic carbocycles. The molecule has 1 aromatic rings. The predicted molar refractivity (Wildman–Crippen MR) is 120 cm³/mol. The number of ether oxygens (including phenoxy) is 1. The van der Waals surface area contributed by atoms with E-state index in [-0.39, 0.29) is 29.9 Å². The summed E-state index contributed by atoms with van der Waals surface area (Å²) in [4.78, 5) is 61.5. The molecule has 9 heteroatoms. The molecule has 1 unspecified atom stereocenters. The fourth-order valence-electron chi connectivity index (χ4n) is 3.98. The second-order valence-corrected chi connectivity index (χ2v) is 8.87.